The van der Waals surface area contributed by atoms with Crippen molar-refractivity contribution >= 4 is 5.96 Å². The Balaban J connectivity index is 1.57. The number of ether oxygens (including phenoxy) is 1. The third-order valence-electron chi connectivity index (χ3n) is 5.43. The second kappa shape index (κ2) is 7.05. The molecule has 2 aliphatic rings. The van der Waals surface area contributed by atoms with Crippen LogP contribution < -0.4 is 10.6 Å². The van der Waals surface area contributed by atoms with Crippen molar-refractivity contribution in [2.24, 2.45) is 10.4 Å². The van der Waals surface area contributed by atoms with Crippen LogP contribution in [0.1, 0.15) is 38.2 Å². The molecule has 2 atom stereocenters. The summed E-state index contributed by atoms with van der Waals surface area (Å²) in [6.45, 7) is 2.96. The van der Waals surface area contributed by atoms with Crippen molar-refractivity contribution < 1.29 is 13.5 Å². The van der Waals surface area contributed by atoms with Gasteiger partial charge in [-0.25, -0.2) is 8.78 Å². The van der Waals surface area contributed by atoms with Gasteiger partial charge >= 0.3 is 0 Å². The molecule has 0 aliphatic heterocycles. The summed E-state index contributed by atoms with van der Waals surface area (Å²) in [4.78, 5) is 4.21. The number of rotatable bonds is 5. The minimum Gasteiger partial charge on any atom is -0.378 e. The van der Waals surface area contributed by atoms with Gasteiger partial charge in [0.15, 0.2) is 5.96 Å². The van der Waals surface area contributed by atoms with Crippen LogP contribution in [0.15, 0.2) is 23.2 Å². The van der Waals surface area contributed by atoms with Gasteiger partial charge in [-0.05, 0) is 44.4 Å². The van der Waals surface area contributed by atoms with Gasteiger partial charge in [0.25, 0.3) is 0 Å². The molecule has 1 aromatic rings. The van der Waals surface area contributed by atoms with Gasteiger partial charge in [0.05, 0.1) is 6.10 Å². The molecule has 0 bridgehead atoms. The standard InChI is InChI=1S/C18H25F2N3O/c1-3-24-16-10-15(18(16)7-4-8-18)23-17(21-2)22-11-12-9-13(19)5-6-14(12)20/h5-6,9,15-16H,3-4,7-8,10-11H2,1-2H3,(H2,21,22,23). The molecule has 0 saturated heterocycles. The zero-order chi connectivity index (χ0) is 17.2. The van der Waals surface area contributed by atoms with E-state index in [2.05, 4.69) is 15.6 Å². The Morgan fingerprint density at radius 2 is 2.17 bits per heavy atom. The molecule has 1 aromatic carbocycles. The Bertz CT molecular complexity index is 616. The van der Waals surface area contributed by atoms with E-state index in [-0.39, 0.29) is 17.5 Å². The average molecular weight is 337 g/mol. The highest BCUT2D eigenvalue weighted by Crippen LogP contribution is 2.57. The van der Waals surface area contributed by atoms with Crippen molar-refractivity contribution in [1.82, 2.24) is 10.6 Å². The van der Waals surface area contributed by atoms with Gasteiger partial charge in [-0.3, -0.25) is 4.99 Å². The third kappa shape index (κ3) is 3.11. The molecule has 2 fully saturated rings. The van der Waals surface area contributed by atoms with E-state index in [0.717, 1.165) is 25.2 Å². The van der Waals surface area contributed by atoms with Crippen LogP contribution in [0.4, 0.5) is 8.78 Å². The maximum atomic E-state index is 13.7. The molecule has 132 valence electrons. The van der Waals surface area contributed by atoms with Crippen molar-refractivity contribution in [3.63, 3.8) is 0 Å². The van der Waals surface area contributed by atoms with Gasteiger partial charge in [-0.2, -0.15) is 0 Å². The fraction of sp³-hybridized carbons (Fsp3) is 0.611. The monoisotopic (exact) mass is 337 g/mol. The summed E-state index contributed by atoms with van der Waals surface area (Å²) >= 11 is 0. The van der Waals surface area contributed by atoms with Crippen LogP contribution in [-0.4, -0.2) is 31.8 Å². The van der Waals surface area contributed by atoms with Gasteiger partial charge in [-0.1, -0.05) is 6.42 Å². The predicted molar refractivity (Wildman–Crippen MR) is 89.8 cm³/mol. The average Bonchev–Trinajstić information content (AvgIpc) is 2.50. The van der Waals surface area contributed by atoms with E-state index in [1.165, 1.54) is 25.3 Å². The zero-order valence-corrected chi connectivity index (χ0v) is 14.2. The molecule has 6 heteroatoms. The lowest BCUT2D eigenvalue weighted by atomic mass is 9.51. The van der Waals surface area contributed by atoms with Crippen LogP contribution in [0.2, 0.25) is 0 Å². The zero-order valence-electron chi connectivity index (χ0n) is 14.2. The SMILES string of the molecule is CCOC1CC(NC(=NC)NCc2cc(F)ccc2F)C12CCC2. The maximum Gasteiger partial charge on any atom is 0.191 e. The van der Waals surface area contributed by atoms with Gasteiger partial charge in [0, 0.05) is 37.2 Å². The van der Waals surface area contributed by atoms with Crippen LogP contribution in [0.3, 0.4) is 0 Å². The molecular formula is C18H25F2N3O. The lowest BCUT2D eigenvalue weighted by Gasteiger charge is -2.61. The molecule has 2 N–H and O–H groups in total. The predicted octanol–water partition coefficient (Wildman–Crippen LogP) is 2.98. The molecule has 3 rings (SSSR count). The maximum absolute atomic E-state index is 13.7. The number of benzene rings is 1. The molecule has 2 aliphatic carbocycles. The van der Waals surface area contributed by atoms with Crippen LogP contribution in [-0.2, 0) is 11.3 Å². The Kier molecular flexibility index (Phi) is 5.04. The van der Waals surface area contributed by atoms with Crippen molar-refractivity contribution in [2.45, 2.75) is 51.3 Å². The molecule has 2 saturated carbocycles. The van der Waals surface area contributed by atoms with Gasteiger partial charge < -0.3 is 15.4 Å². The lowest BCUT2D eigenvalue weighted by Crippen LogP contribution is -2.68. The molecular weight excluding hydrogens is 312 g/mol. The number of guanidine groups is 1. The molecule has 0 aromatic heterocycles. The van der Waals surface area contributed by atoms with Crippen LogP contribution >= 0.6 is 0 Å². The topological polar surface area (TPSA) is 45.6 Å². The highest BCUT2D eigenvalue weighted by atomic mass is 19.1. The summed E-state index contributed by atoms with van der Waals surface area (Å²) in [7, 11) is 1.68. The molecule has 2 unspecified atom stereocenters. The van der Waals surface area contributed by atoms with Crippen LogP contribution in [0.5, 0.6) is 0 Å². The Hall–Kier alpha value is -1.69. The first kappa shape index (κ1) is 17.1. The van der Waals surface area contributed by atoms with Crippen molar-refractivity contribution in [3.8, 4) is 0 Å². The summed E-state index contributed by atoms with van der Waals surface area (Å²) in [6, 6.07) is 3.79. The van der Waals surface area contributed by atoms with Crippen molar-refractivity contribution in [3.05, 3.63) is 35.4 Å². The molecule has 24 heavy (non-hydrogen) atoms. The van der Waals surface area contributed by atoms with Gasteiger partial charge in [0.2, 0.25) is 0 Å². The van der Waals surface area contributed by atoms with E-state index in [1.54, 1.807) is 7.05 Å². The number of nitrogens with zero attached hydrogens (tertiary/aromatic N) is 1. The molecule has 4 nitrogen and oxygen atoms in total. The fourth-order valence-corrected chi connectivity index (χ4v) is 3.86. The number of hydrogen-bond donors (Lipinski definition) is 2. The summed E-state index contributed by atoms with van der Waals surface area (Å²) < 4.78 is 32.8. The quantitative estimate of drug-likeness (QED) is 0.641. The van der Waals surface area contributed by atoms with Gasteiger partial charge in [-0.15, -0.1) is 0 Å². The highest BCUT2D eigenvalue weighted by molar-refractivity contribution is 5.80. The summed E-state index contributed by atoms with van der Waals surface area (Å²) in [6.07, 6.45) is 4.87. The van der Waals surface area contributed by atoms with Crippen LogP contribution in [0, 0.1) is 17.0 Å². The minimum atomic E-state index is -0.442. The molecule has 0 amide bonds. The van der Waals surface area contributed by atoms with Gasteiger partial charge in [0.1, 0.15) is 11.6 Å². The largest absolute Gasteiger partial charge is 0.378 e. The first-order valence-corrected chi connectivity index (χ1v) is 8.62. The second-order valence-corrected chi connectivity index (χ2v) is 6.62. The molecule has 0 heterocycles. The smallest absolute Gasteiger partial charge is 0.191 e. The number of halogens is 2. The minimum absolute atomic E-state index is 0.192. The number of aliphatic imine (C=N–C) groups is 1. The Morgan fingerprint density at radius 3 is 2.79 bits per heavy atom. The highest BCUT2D eigenvalue weighted by Gasteiger charge is 2.59. The van der Waals surface area contributed by atoms with E-state index in [0.29, 0.717) is 18.1 Å². The summed E-state index contributed by atoms with van der Waals surface area (Å²) in [5, 5.41) is 6.51. The van der Waals surface area contributed by atoms with E-state index in [9.17, 15) is 8.78 Å². The van der Waals surface area contributed by atoms with Crippen molar-refractivity contribution in [1.29, 1.82) is 0 Å². The number of hydrogen-bond acceptors (Lipinski definition) is 2. The first-order chi connectivity index (χ1) is 11.6. The van der Waals surface area contributed by atoms with E-state index in [1.807, 2.05) is 6.92 Å². The first-order valence-electron chi connectivity index (χ1n) is 8.62. The second-order valence-electron chi connectivity index (χ2n) is 6.62. The molecule has 1 spiro atoms. The van der Waals surface area contributed by atoms with Crippen LogP contribution in [0.25, 0.3) is 0 Å². The molecule has 0 radical (unpaired) electrons. The van der Waals surface area contributed by atoms with E-state index < -0.39 is 11.6 Å². The van der Waals surface area contributed by atoms with E-state index in [4.69, 9.17) is 4.74 Å². The summed E-state index contributed by atoms with van der Waals surface area (Å²) in [5.74, 6) is -0.247. The Morgan fingerprint density at radius 1 is 1.38 bits per heavy atom. The third-order valence-corrected chi connectivity index (χ3v) is 5.43. The van der Waals surface area contributed by atoms with Crippen molar-refractivity contribution in [2.75, 3.05) is 13.7 Å². The summed E-state index contributed by atoms with van der Waals surface area (Å²) in [5.41, 5.74) is 0.509. The lowest BCUT2D eigenvalue weighted by molar-refractivity contribution is -0.168. The Labute approximate surface area is 141 Å². The fourth-order valence-electron chi connectivity index (χ4n) is 3.86. The van der Waals surface area contributed by atoms with E-state index >= 15 is 0 Å². The number of nitrogens with one attached hydrogen (secondary N) is 2. The normalized spacial score (nSPS) is 25.1.